The predicted octanol–water partition coefficient (Wildman–Crippen LogP) is 1.95. The van der Waals surface area contributed by atoms with Crippen LogP contribution in [0.4, 0.5) is 0 Å². The number of ether oxygens (including phenoxy) is 2. The molecule has 0 saturated carbocycles. The van der Waals surface area contributed by atoms with Crippen molar-refractivity contribution < 1.29 is 19.4 Å². The first-order valence-electron chi connectivity index (χ1n) is 4.91. The molecule has 0 atom stereocenters. The van der Waals surface area contributed by atoms with Crippen LogP contribution in [0.5, 0.6) is 11.6 Å². The van der Waals surface area contributed by atoms with Gasteiger partial charge in [-0.1, -0.05) is 0 Å². The van der Waals surface area contributed by atoms with E-state index in [0.29, 0.717) is 22.4 Å². The van der Waals surface area contributed by atoms with Crippen molar-refractivity contribution >= 4 is 16.7 Å². The van der Waals surface area contributed by atoms with Gasteiger partial charge in [0.05, 0.1) is 19.8 Å². The monoisotopic (exact) mass is 233 g/mol. The largest absolute Gasteiger partial charge is 0.497 e. The first-order valence-corrected chi connectivity index (χ1v) is 4.91. The number of fused-ring (bicyclic) bond motifs is 1. The van der Waals surface area contributed by atoms with Crippen LogP contribution in [-0.2, 0) is 0 Å². The average molecular weight is 233 g/mol. The molecule has 0 saturated heterocycles. The number of carboxylic acid groups (broad SMARTS) is 1. The fraction of sp³-hybridized carbons (Fsp3) is 0.167. The van der Waals surface area contributed by atoms with E-state index < -0.39 is 5.97 Å². The first kappa shape index (κ1) is 11.2. The van der Waals surface area contributed by atoms with Gasteiger partial charge in [-0.25, -0.2) is 9.78 Å². The van der Waals surface area contributed by atoms with Gasteiger partial charge in [0.1, 0.15) is 5.75 Å². The molecule has 1 aromatic carbocycles. The van der Waals surface area contributed by atoms with Crippen LogP contribution in [0.15, 0.2) is 24.4 Å². The number of hydrogen-bond acceptors (Lipinski definition) is 4. The zero-order valence-electron chi connectivity index (χ0n) is 9.43. The minimum atomic E-state index is -1.03. The summed E-state index contributed by atoms with van der Waals surface area (Å²) in [7, 11) is 3.02. The molecule has 0 fully saturated rings. The average Bonchev–Trinajstić information content (AvgIpc) is 2.36. The quantitative estimate of drug-likeness (QED) is 0.877. The van der Waals surface area contributed by atoms with Crippen LogP contribution in [-0.4, -0.2) is 30.3 Å². The summed E-state index contributed by atoms with van der Waals surface area (Å²) in [6.07, 6.45) is 1.28. The zero-order chi connectivity index (χ0) is 12.4. The van der Waals surface area contributed by atoms with E-state index in [1.165, 1.54) is 20.4 Å². The standard InChI is InChI=1S/C12H11NO4/c1-16-7-3-4-8-9(5-7)10(12(14)15)6-13-11(8)17-2/h3-6H,1-2H3,(H,14,15). The third-order valence-electron chi connectivity index (χ3n) is 2.48. The van der Waals surface area contributed by atoms with Gasteiger partial charge in [-0.05, 0) is 18.2 Å². The normalized spacial score (nSPS) is 10.2. The summed E-state index contributed by atoms with van der Waals surface area (Å²) in [6, 6.07) is 5.12. The van der Waals surface area contributed by atoms with Gasteiger partial charge in [0.25, 0.3) is 0 Å². The van der Waals surface area contributed by atoms with Gasteiger partial charge in [-0.3, -0.25) is 0 Å². The van der Waals surface area contributed by atoms with Crippen LogP contribution in [0.25, 0.3) is 10.8 Å². The third-order valence-corrected chi connectivity index (χ3v) is 2.48. The number of methoxy groups -OCH3 is 2. The Balaban J connectivity index is 2.80. The number of pyridine rings is 1. The van der Waals surface area contributed by atoms with Crippen molar-refractivity contribution in [2.75, 3.05) is 14.2 Å². The van der Waals surface area contributed by atoms with E-state index in [-0.39, 0.29) is 5.56 Å². The Morgan fingerprint density at radius 1 is 1.24 bits per heavy atom. The minimum absolute atomic E-state index is 0.125. The Morgan fingerprint density at radius 3 is 2.59 bits per heavy atom. The topological polar surface area (TPSA) is 68.7 Å². The molecule has 0 unspecified atom stereocenters. The smallest absolute Gasteiger partial charge is 0.337 e. The van der Waals surface area contributed by atoms with E-state index in [2.05, 4.69) is 4.98 Å². The van der Waals surface area contributed by atoms with Gasteiger partial charge in [-0.15, -0.1) is 0 Å². The summed E-state index contributed by atoms with van der Waals surface area (Å²) >= 11 is 0. The molecule has 0 aliphatic rings. The lowest BCUT2D eigenvalue weighted by Gasteiger charge is -2.08. The van der Waals surface area contributed by atoms with Gasteiger partial charge < -0.3 is 14.6 Å². The second-order valence-corrected chi connectivity index (χ2v) is 3.40. The van der Waals surface area contributed by atoms with Crippen molar-refractivity contribution in [1.29, 1.82) is 0 Å². The number of rotatable bonds is 3. The highest BCUT2D eigenvalue weighted by Crippen LogP contribution is 2.29. The van der Waals surface area contributed by atoms with Gasteiger partial charge in [0.2, 0.25) is 5.88 Å². The molecule has 17 heavy (non-hydrogen) atoms. The first-order chi connectivity index (χ1) is 8.17. The maximum absolute atomic E-state index is 11.1. The Labute approximate surface area is 97.6 Å². The number of aromatic carboxylic acids is 1. The number of benzene rings is 1. The van der Waals surface area contributed by atoms with Gasteiger partial charge in [0.15, 0.2) is 0 Å². The summed E-state index contributed by atoms with van der Waals surface area (Å²) in [4.78, 5) is 15.1. The van der Waals surface area contributed by atoms with Crippen LogP contribution in [0.2, 0.25) is 0 Å². The van der Waals surface area contributed by atoms with E-state index in [1.807, 2.05) is 0 Å². The molecule has 1 heterocycles. The Morgan fingerprint density at radius 2 is 2.00 bits per heavy atom. The van der Waals surface area contributed by atoms with Crippen LogP contribution in [0.1, 0.15) is 10.4 Å². The van der Waals surface area contributed by atoms with Crippen molar-refractivity contribution in [3.63, 3.8) is 0 Å². The van der Waals surface area contributed by atoms with E-state index in [9.17, 15) is 4.79 Å². The molecule has 5 heteroatoms. The summed E-state index contributed by atoms with van der Waals surface area (Å²) in [5.41, 5.74) is 0.125. The number of hydrogen-bond donors (Lipinski definition) is 1. The van der Waals surface area contributed by atoms with Crippen LogP contribution >= 0.6 is 0 Å². The molecular formula is C12H11NO4. The second kappa shape index (κ2) is 4.29. The van der Waals surface area contributed by atoms with Crippen LogP contribution < -0.4 is 9.47 Å². The molecule has 1 N–H and O–H groups in total. The lowest BCUT2D eigenvalue weighted by atomic mass is 10.1. The lowest BCUT2D eigenvalue weighted by Crippen LogP contribution is -2.00. The highest BCUT2D eigenvalue weighted by Gasteiger charge is 2.13. The Hall–Kier alpha value is -2.30. The fourth-order valence-electron chi connectivity index (χ4n) is 1.66. The van der Waals surface area contributed by atoms with Crippen molar-refractivity contribution in [2.24, 2.45) is 0 Å². The van der Waals surface area contributed by atoms with Gasteiger partial charge in [0, 0.05) is 17.0 Å². The van der Waals surface area contributed by atoms with E-state index >= 15 is 0 Å². The van der Waals surface area contributed by atoms with Crippen LogP contribution in [0, 0.1) is 0 Å². The molecule has 0 bridgehead atoms. The Kier molecular flexibility index (Phi) is 2.82. The van der Waals surface area contributed by atoms with Gasteiger partial charge >= 0.3 is 5.97 Å². The third kappa shape index (κ3) is 1.87. The highest BCUT2D eigenvalue weighted by atomic mass is 16.5. The van der Waals surface area contributed by atoms with E-state index in [4.69, 9.17) is 14.6 Å². The molecule has 2 aromatic rings. The SMILES string of the molecule is COc1ccc2c(OC)ncc(C(=O)O)c2c1. The predicted molar refractivity (Wildman–Crippen MR) is 61.8 cm³/mol. The molecule has 0 aliphatic carbocycles. The summed E-state index contributed by atoms with van der Waals surface area (Å²) in [5, 5.41) is 10.3. The van der Waals surface area contributed by atoms with E-state index in [1.54, 1.807) is 18.2 Å². The summed E-state index contributed by atoms with van der Waals surface area (Å²) in [5.74, 6) is -0.0423. The molecule has 0 aliphatic heterocycles. The van der Waals surface area contributed by atoms with Crippen LogP contribution in [0.3, 0.4) is 0 Å². The number of carboxylic acids is 1. The van der Waals surface area contributed by atoms with Crippen molar-refractivity contribution in [3.05, 3.63) is 30.0 Å². The molecule has 2 rings (SSSR count). The number of nitrogens with zero attached hydrogens (tertiary/aromatic N) is 1. The molecule has 88 valence electrons. The summed E-state index contributed by atoms with van der Waals surface area (Å²) < 4.78 is 10.2. The lowest BCUT2D eigenvalue weighted by molar-refractivity contribution is 0.0698. The number of carbonyl (C=O) groups is 1. The minimum Gasteiger partial charge on any atom is -0.497 e. The maximum Gasteiger partial charge on any atom is 0.337 e. The highest BCUT2D eigenvalue weighted by molar-refractivity contribution is 6.05. The Bertz CT molecular complexity index is 580. The van der Waals surface area contributed by atoms with Crippen molar-refractivity contribution in [1.82, 2.24) is 4.98 Å². The van der Waals surface area contributed by atoms with Gasteiger partial charge in [-0.2, -0.15) is 0 Å². The number of aromatic nitrogens is 1. The molecule has 1 aromatic heterocycles. The second-order valence-electron chi connectivity index (χ2n) is 3.40. The molecule has 0 spiro atoms. The molecular weight excluding hydrogens is 222 g/mol. The molecule has 0 radical (unpaired) electrons. The van der Waals surface area contributed by atoms with E-state index in [0.717, 1.165) is 0 Å². The zero-order valence-corrected chi connectivity index (χ0v) is 9.43. The molecule has 0 amide bonds. The maximum atomic E-state index is 11.1. The fourth-order valence-corrected chi connectivity index (χ4v) is 1.66. The van der Waals surface area contributed by atoms with Crippen molar-refractivity contribution in [2.45, 2.75) is 0 Å². The molecule has 5 nitrogen and oxygen atoms in total. The van der Waals surface area contributed by atoms with Crippen molar-refractivity contribution in [3.8, 4) is 11.6 Å². The summed E-state index contributed by atoms with van der Waals surface area (Å²) in [6.45, 7) is 0.